The quantitative estimate of drug-likeness (QED) is 0.218. The third kappa shape index (κ3) is 7.06. The number of nitrogens with zero attached hydrogens (tertiary/aromatic N) is 3. The van der Waals surface area contributed by atoms with Gasteiger partial charge in [0.15, 0.2) is 0 Å². The highest BCUT2D eigenvalue weighted by molar-refractivity contribution is 4.86. The van der Waals surface area contributed by atoms with Gasteiger partial charge in [-0.3, -0.25) is 0 Å². The summed E-state index contributed by atoms with van der Waals surface area (Å²) in [5.41, 5.74) is -1.78. The molecule has 0 amide bonds. The van der Waals surface area contributed by atoms with Gasteiger partial charge in [-0.2, -0.15) is 0 Å². The highest BCUT2D eigenvalue weighted by Crippen LogP contribution is 2.12. The van der Waals surface area contributed by atoms with Crippen molar-refractivity contribution in [3.63, 3.8) is 0 Å². The molecule has 0 aliphatic carbocycles. The minimum absolute atomic E-state index is 0.121. The van der Waals surface area contributed by atoms with Crippen LogP contribution in [0.4, 0.5) is 0 Å². The van der Waals surface area contributed by atoms with Crippen molar-refractivity contribution in [1.29, 1.82) is 0 Å². The molecular weight excluding hydrogens is 442 g/mol. The molecule has 0 radical (unpaired) electrons. The van der Waals surface area contributed by atoms with Crippen LogP contribution in [0.25, 0.3) is 0 Å². The van der Waals surface area contributed by atoms with Crippen molar-refractivity contribution in [2.24, 2.45) is 0 Å². The molecular formula is C20H29N3O10. The summed E-state index contributed by atoms with van der Waals surface area (Å²) in [5.74, 6) is 0. The normalized spacial score (nSPS) is 30.4. The highest BCUT2D eigenvalue weighted by atomic mass is 16.6. The van der Waals surface area contributed by atoms with Gasteiger partial charge in [0, 0.05) is 0 Å². The molecule has 13 nitrogen and oxygen atoms in total. The van der Waals surface area contributed by atoms with Crippen molar-refractivity contribution in [3.05, 3.63) is 31.5 Å². The molecule has 5 aliphatic rings. The van der Waals surface area contributed by atoms with Gasteiger partial charge in [-0.25, -0.2) is 28.1 Å². The summed E-state index contributed by atoms with van der Waals surface area (Å²) >= 11 is 0. The van der Waals surface area contributed by atoms with E-state index in [1.807, 2.05) is 0 Å². The summed E-state index contributed by atoms with van der Waals surface area (Å²) in [6.45, 7) is 6.58. The van der Waals surface area contributed by atoms with Crippen LogP contribution < -0.4 is 17.1 Å². The van der Waals surface area contributed by atoms with E-state index in [9.17, 15) is 14.4 Å². The van der Waals surface area contributed by atoms with E-state index in [2.05, 4.69) is 0 Å². The largest absolute Gasteiger partial charge is 0.376 e. The average Bonchev–Trinajstić information content (AvgIpc) is 3.61. The van der Waals surface area contributed by atoms with E-state index in [1.165, 1.54) is 0 Å². The first-order valence-corrected chi connectivity index (χ1v) is 11.3. The Morgan fingerprint density at radius 1 is 0.545 bits per heavy atom. The fraction of sp³-hybridized carbons (Fsp3) is 0.850. The molecule has 13 heteroatoms. The second-order valence-corrected chi connectivity index (χ2v) is 8.61. The predicted octanol–water partition coefficient (Wildman–Crippen LogP) is -2.81. The lowest BCUT2D eigenvalue weighted by Gasteiger charge is -2.12. The van der Waals surface area contributed by atoms with Crippen molar-refractivity contribution >= 4 is 0 Å². The zero-order valence-corrected chi connectivity index (χ0v) is 18.3. The second-order valence-electron chi connectivity index (χ2n) is 8.61. The number of hydrogen-bond acceptors (Lipinski definition) is 10. The Kier molecular flexibility index (Phi) is 7.06. The van der Waals surface area contributed by atoms with Gasteiger partial charge >= 0.3 is 17.1 Å². The molecule has 0 aromatic carbocycles. The summed E-state index contributed by atoms with van der Waals surface area (Å²) in [6.07, 6.45) is 0.353. The van der Waals surface area contributed by atoms with Gasteiger partial charge in [0.05, 0.1) is 97.4 Å². The van der Waals surface area contributed by atoms with E-state index in [1.54, 1.807) is 0 Å². The van der Waals surface area contributed by atoms with Gasteiger partial charge in [-0.1, -0.05) is 0 Å². The topological polar surface area (TPSA) is 147 Å². The van der Waals surface area contributed by atoms with Gasteiger partial charge < -0.3 is 33.2 Å². The van der Waals surface area contributed by atoms with E-state index >= 15 is 0 Å². The molecule has 5 saturated heterocycles. The summed E-state index contributed by atoms with van der Waals surface area (Å²) in [4.78, 5) is 37.1. The predicted molar refractivity (Wildman–Crippen MR) is 110 cm³/mol. The number of hydrogen-bond donors (Lipinski definition) is 0. The summed E-state index contributed by atoms with van der Waals surface area (Å²) in [6, 6.07) is 0. The minimum atomic E-state index is -0.594. The molecule has 0 bridgehead atoms. The Hall–Kier alpha value is -1.87. The summed E-state index contributed by atoms with van der Waals surface area (Å²) < 4.78 is 38.9. The smallest absolute Gasteiger partial charge is 0.336 e. The van der Waals surface area contributed by atoms with Gasteiger partial charge in [0.2, 0.25) is 0 Å². The molecule has 33 heavy (non-hydrogen) atoms. The van der Waals surface area contributed by atoms with E-state index in [-0.39, 0.29) is 37.9 Å². The van der Waals surface area contributed by atoms with Crippen LogP contribution in [0, 0.1) is 0 Å². The van der Waals surface area contributed by atoms with Gasteiger partial charge in [-0.15, -0.1) is 0 Å². The molecule has 0 N–H and O–H groups in total. The molecule has 6 rings (SSSR count). The van der Waals surface area contributed by atoms with Crippen LogP contribution in [0.15, 0.2) is 14.4 Å². The molecule has 6 heterocycles. The molecule has 1 aromatic heterocycles. The van der Waals surface area contributed by atoms with E-state index in [0.29, 0.717) is 58.5 Å². The first-order chi connectivity index (χ1) is 16.1. The van der Waals surface area contributed by atoms with Gasteiger partial charge in [0.1, 0.15) is 12.2 Å². The van der Waals surface area contributed by atoms with Crippen LogP contribution in [0.5, 0.6) is 0 Å². The fourth-order valence-electron chi connectivity index (χ4n) is 3.16. The van der Waals surface area contributed by atoms with E-state index < -0.39 is 17.1 Å². The van der Waals surface area contributed by atoms with Gasteiger partial charge in [0.25, 0.3) is 0 Å². The second kappa shape index (κ2) is 10.2. The molecule has 184 valence electrons. The van der Waals surface area contributed by atoms with Crippen molar-refractivity contribution in [2.45, 2.75) is 50.2 Å². The Morgan fingerprint density at radius 3 is 1.06 bits per heavy atom. The Bertz CT molecular complexity index is 837. The maximum Gasteiger partial charge on any atom is 0.336 e. The summed E-state index contributed by atoms with van der Waals surface area (Å²) in [5, 5.41) is 0. The Balaban J connectivity index is 0.000000162. The molecule has 5 atom stereocenters. The lowest BCUT2D eigenvalue weighted by molar-refractivity contribution is 0.0366. The molecule has 0 spiro atoms. The summed E-state index contributed by atoms with van der Waals surface area (Å²) in [7, 11) is 0. The third-order valence-electron chi connectivity index (χ3n) is 5.54. The van der Waals surface area contributed by atoms with Crippen LogP contribution in [0.2, 0.25) is 0 Å². The standard InChI is InChI=1S/C12H15N3O6.C8H14O4/c16-10-13(1-7-4-19-7)11(17)15(3-9-6-21-9)12(18)14(10)2-8-5-20-8;1(9-3-7-5-11-7)2-10-4-8-6-12-8/h7-9H,1-6H2;7-8H,1-6H2. The van der Waals surface area contributed by atoms with Crippen LogP contribution in [-0.4, -0.2) is 104 Å². The van der Waals surface area contributed by atoms with Crippen molar-refractivity contribution in [2.75, 3.05) is 59.5 Å². The van der Waals surface area contributed by atoms with Crippen LogP contribution in [0.1, 0.15) is 0 Å². The molecule has 0 saturated carbocycles. The van der Waals surface area contributed by atoms with Crippen molar-refractivity contribution in [3.8, 4) is 0 Å². The number of rotatable bonds is 13. The SMILES string of the molecule is C(COCC1CO1)OCC1CO1.O=c1n(CC2CO2)c(=O)n(CC2CO2)c(=O)n1CC1CO1. The van der Waals surface area contributed by atoms with Crippen molar-refractivity contribution < 1.29 is 33.2 Å². The molecule has 5 aliphatic heterocycles. The molecule has 1 aromatic rings. The number of aromatic nitrogens is 3. The van der Waals surface area contributed by atoms with Crippen LogP contribution in [0.3, 0.4) is 0 Å². The fourth-order valence-corrected chi connectivity index (χ4v) is 3.16. The van der Waals surface area contributed by atoms with E-state index in [4.69, 9.17) is 33.2 Å². The molecule has 5 unspecified atom stereocenters. The first-order valence-electron chi connectivity index (χ1n) is 11.3. The van der Waals surface area contributed by atoms with Crippen molar-refractivity contribution in [1.82, 2.24) is 13.7 Å². The first kappa shape index (κ1) is 22.9. The number of ether oxygens (including phenoxy) is 7. The lowest BCUT2D eigenvalue weighted by atomic mass is 10.4. The third-order valence-corrected chi connectivity index (χ3v) is 5.54. The zero-order valence-electron chi connectivity index (χ0n) is 18.3. The average molecular weight is 471 g/mol. The van der Waals surface area contributed by atoms with E-state index in [0.717, 1.165) is 26.9 Å². The van der Waals surface area contributed by atoms with Gasteiger partial charge in [-0.05, 0) is 0 Å². The lowest BCUT2D eigenvalue weighted by Crippen LogP contribution is -2.55. The minimum Gasteiger partial charge on any atom is -0.376 e. The van der Waals surface area contributed by atoms with Crippen LogP contribution >= 0.6 is 0 Å². The maximum atomic E-state index is 12.4. The highest BCUT2D eigenvalue weighted by Gasteiger charge is 2.31. The number of epoxide rings is 5. The maximum absolute atomic E-state index is 12.4. The Labute approximate surface area is 188 Å². The monoisotopic (exact) mass is 471 g/mol. The Morgan fingerprint density at radius 2 is 0.818 bits per heavy atom. The molecule has 5 fully saturated rings. The zero-order chi connectivity index (χ0) is 22.8. The van der Waals surface area contributed by atoms with Crippen LogP contribution in [-0.2, 0) is 52.8 Å².